The van der Waals surface area contributed by atoms with Gasteiger partial charge in [0.25, 0.3) is 0 Å². The summed E-state index contributed by atoms with van der Waals surface area (Å²) in [4.78, 5) is 11.5. The van der Waals surface area contributed by atoms with Gasteiger partial charge in [-0.05, 0) is 13.3 Å². The highest BCUT2D eigenvalue weighted by molar-refractivity contribution is 5.82. The number of hydrogen-bond donors (Lipinski definition) is 2. The monoisotopic (exact) mass is 186 g/mol. The molecule has 0 aromatic rings. The molecule has 1 rings (SSSR count). The smallest absolute Gasteiger partial charge is 0.239 e. The molecule has 2 N–H and O–H groups in total. The number of amides is 1. The number of ether oxygens (including phenoxy) is 1. The van der Waals surface area contributed by atoms with E-state index in [1.54, 1.807) is 0 Å². The highest BCUT2D eigenvalue weighted by Gasteiger charge is 2.21. The molecule has 1 aliphatic heterocycles. The maximum absolute atomic E-state index is 11.5. The second-order valence-electron chi connectivity index (χ2n) is 3.40. The second-order valence-corrected chi connectivity index (χ2v) is 3.40. The van der Waals surface area contributed by atoms with Crippen LogP contribution in [-0.2, 0) is 9.53 Å². The summed E-state index contributed by atoms with van der Waals surface area (Å²) in [5.74, 6) is 0.0500. The first-order valence-corrected chi connectivity index (χ1v) is 4.85. The number of hydrogen-bond acceptors (Lipinski definition) is 3. The minimum atomic E-state index is -0.164. The molecule has 1 aliphatic rings. The van der Waals surface area contributed by atoms with E-state index >= 15 is 0 Å². The molecule has 2 atom stereocenters. The summed E-state index contributed by atoms with van der Waals surface area (Å²) in [5, 5.41) is 6.03. The van der Waals surface area contributed by atoms with E-state index in [0.29, 0.717) is 13.2 Å². The van der Waals surface area contributed by atoms with Crippen molar-refractivity contribution >= 4 is 5.91 Å². The van der Waals surface area contributed by atoms with Crippen molar-refractivity contribution in [2.24, 2.45) is 0 Å². The van der Waals surface area contributed by atoms with Gasteiger partial charge in [0.05, 0.1) is 13.2 Å². The molecule has 0 radical (unpaired) electrons. The van der Waals surface area contributed by atoms with E-state index in [0.717, 1.165) is 13.0 Å². The molecule has 0 bridgehead atoms. The van der Waals surface area contributed by atoms with Gasteiger partial charge in [-0.3, -0.25) is 4.79 Å². The SMILES string of the molecule is CCC(C)NC(=O)C1COCCN1. The standard InChI is InChI=1S/C9H18N2O2/c1-3-7(2)11-9(12)8-6-13-5-4-10-8/h7-8,10H,3-6H2,1-2H3,(H,11,12). The van der Waals surface area contributed by atoms with Crippen molar-refractivity contribution in [2.45, 2.75) is 32.4 Å². The van der Waals surface area contributed by atoms with Crippen molar-refractivity contribution in [3.8, 4) is 0 Å². The van der Waals surface area contributed by atoms with Crippen molar-refractivity contribution < 1.29 is 9.53 Å². The summed E-state index contributed by atoms with van der Waals surface area (Å²) < 4.78 is 5.20. The number of carbonyl (C=O) groups is 1. The van der Waals surface area contributed by atoms with Crippen LogP contribution in [0.1, 0.15) is 20.3 Å². The third-order valence-corrected chi connectivity index (χ3v) is 2.24. The Hall–Kier alpha value is -0.610. The second kappa shape index (κ2) is 5.19. The normalized spacial score (nSPS) is 25.2. The lowest BCUT2D eigenvalue weighted by Crippen LogP contribution is -2.52. The summed E-state index contributed by atoms with van der Waals surface area (Å²) in [5.41, 5.74) is 0. The Labute approximate surface area is 79.0 Å². The molecular weight excluding hydrogens is 168 g/mol. The number of morpholine rings is 1. The van der Waals surface area contributed by atoms with Crippen LogP contribution in [0.15, 0.2) is 0 Å². The number of nitrogens with one attached hydrogen (secondary N) is 2. The highest BCUT2D eigenvalue weighted by Crippen LogP contribution is 1.95. The van der Waals surface area contributed by atoms with Gasteiger partial charge in [-0.25, -0.2) is 0 Å². The minimum Gasteiger partial charge on any atom is -0.378 e. The molecule has 13 heavy (non-hydrogen) atoms. The topological polar surface area (TPSA) is 50.4 Å². The molecule has 1 fully saturated rings. The lowest BCUT2D eigenvalue weighted by molar-refractivity contribution is -0.126. The molecule has 0 aliphatic carbocycles. The molecule has 4 nitrogen and oxygen atoms in total. The average molecular weight is 186 g/mol. The predicted molar refractivity (Wildman–Crippen MR) is 50.5 cm³/mol. The first-order chi connectivity index (χ1) is 6.24. The Morgan fingerprint density at radius 3 is 3.08 bits per heavy atom. The summed E-state index contributed by atoms with van der Waals surface area (Å²) in [6, 6.07) is 0.0824. The van der Waals surface area contributed by atoms with Crippen molar-refractivity contribution in [2.75, 3.05) is 19.8 Å². The van der Waals surface area contributed by atoms with Gasteiger partial charge in [0.2, 0.25) is 5.91 Å². The van der Waals surface area contributed by atoms with Crippen LogP contribution in [0.2, 0.25) is 0 Å². The third-order valence-electron chi connectivity index (χ3n) is 2.24. The fourth-order valence-electron chi connectivity index (χ4n) is 1.18. The quantitative estimate of drug-likeness (QED) is 0.646. The zero-order valence-corrected chi connectivity index (χ0v) is 8.30. The summed E-state index contributed by atoms with van der Waals surface area (Å²) in [6.45, 7) is 6.01. The van der Waals surface area contributed by atoms with Crippen molar-refractivity contribution in [3.05, 3.63) is 0 Å². The van der Waals surface area contributed by atoms with Crippen molar-refractivity contribution in [1.82, 2.24) is 10.6 Å². The van der Waals surface area contributed by atoms with E-state index in [1.165, 1.54) is 0 Å². The van der Waals surface area contributed by atoms with Crippen LogP contribution in [-0.4, -0.2) is 37.7 Å². The fourth-order valence-corrected chi connectivity index (χ4v) is 1.18. The van der Waals surface area contributed by atoms with E-state index in [1.807, 2.05) is 6.92 Å². The van der Waals surface area contributed by atoms with Gasteiger partial charge in [0.1, 0.15) is 6.04 Å². The van der Waals surface area contributed by atoms with Gasteiger partial charge >= 0.3 is 0 Å². The molecule has 1 saturated heterocycles. The van der Waals surface area contributed by atoms with Crippen molar-refractivity contribution in [1.29, 1.82) is 0 Å². The van der Waals surface area contributed by atoms with Crippen LogP contribution in [0.3, 0.4) is 0 Å². The van der Waals surface area contributed by atoms with Crippen molar-refractivity contribution in [3.63, 3.8) is 0 Å². The summed E-state index contributed by atoms with van der Waals surface area (Å²) in [6.07, 6.45) is 0.958. The number of carbonyl (C=O) groups excluding carboxylic acids is 1. The lowest BCUT2D eigenvalue weighted by atomic mass is 10.2. The summed E-state index contributed by atoms with van der Waals surface area (Å²) >= 11 is 0. The average Bonchev–Trinajstić information content (AvgIpc) is 2.19. The van der Waals surface area contributed by atoms with E-state index in [-0.39, 0.29) is 18.0 Å². The van der Waals surface area contributed by atoms with Crippen LogP contribution >= 0.6 is 0 Å². The van der Waals surface area contributed by atoms with Crippen LogP contribution in [0.4, 0.5) is 0 Å². The van der Waals surface area contributed by atoms with Gasteiger partial charge in [-0.2, -0.15) is 0 Å². The Morgan fingerprint density at radius 2 is 2.54 bits per heavy atom. The van der Waals surface area contributed by atoms with E-state index in [9.17, 15) is 4.79 Å². The van der Waals surface area contributed by atoms with Gasteiger partial charge in [0.15, 0.2) is 0 Å². The highest BCUT2D eigenvalue weighted by atomic mass is 16.5. The Morgan fingerprint density at radius 1 is 1.77 bits per heavy atom. The molecule has 4 heteroatoms. The minimum absolute atomic E-state index is 0.0500. The maximum atomic E-state index is 11.5. The molecule has 0 aromatic carbocycles. The van der Waals surface area contributed by atoms with Gasteiger partial charge in [0, 0.05) is 12.6 Å². The van der Waals surface area contributed by atoms with E-state index in [4.69, 9.17) is 4.74 Å². The molecule has 76 valence electrons. The number of rotatable bonds is 3. The van der Waals surface area contributed by atoms with Gasteiger partial charge in [-0.15, -0.1) is 0 Å². The summed E-state index contributed by atoms with van der Waals surface area (Å²) in [7, 11) is 0. The molecule has 1 heterocycles. The van der Waals surface area contributed by atoms with Crippen LogP contribution in [0.5, 0.6) is 0 Å². The largest absolute Gasteiger partial charge is 0.378 e. The third kappa shape index (κ3) is 3.32. The molecule has 0 aromatic heterocycles. The molecule has 0 spiro atoms. The van der Waals surface area contributed by atoms with Crippen LogP contribution < -0.4 is 10.6 Å². The lowest BCUT2D eigenvalue weighted by Gasteiger charge is -2.24. The van der Waals surface area contributed by atoms with E-state index < -0.39 is 0 Å². The zero-order valence-electron chi connectivity index (χ0n) is 8.30. The van der Waals surface area contributed by atoms with Crippen LogP contribution in [0, 0.1) is 0 Å². The van der Waals surface area contributed by atoms with Gasteiger partial charge < -0.3 is 15.4 Å². The molecule has 2 unspecified atom stereocenters. The Kier molecular flexibility index (Phi) is 4.18. The molecule has 1 amide bonds. The molecular formula is C9H18N2O2. The fraction of sp³-hybridized carbons (Fsp3) is 0.889. The molecule has 0 saturated carbocycles. The Bertz CT molecular complexity index is 167. The van der Waals surface area contributed by atoms with E-state index in [2.05, 4.69) is 17.6 Å². The first kappa shape index (κ1) is 10.5. The first-order valence-electron chi connectivity index (χ1n) is 4.85. The zero-order chi connectivity index (χ0) is 9.68. The predicted octanol–water partition coefficient (Wildman–Crippen LogP) is -0.110. The van der Waals surface area contributed by atoms with Gasteiger partial charge in [-0.1, -0.05) is 6.92 Å². The van der Waals surface area contributed by atoms with Crippen LogP contribution in [0.25, 0.3) is 0 Å². The Balaban J connectivity index is 2.29. The maximum Gasteiger partial charge on any atom is 0.239 e.